The second kappa shape index (κ2) is 5.13. The molecule has 0 radical (unpaired) electrons. The highest BCUT2D eigenvalue weighted by atomic mass is 35.5. The number of benzene rings is 1. The Morgan fingerprint density at radius 2 is 2.07 bits per heavy atom. The summed E-state index contributed by atoms with van der Waals surface area (Å²) in [6, 6.07) is 5.78. The van der Waals surface area contributed by atoms with Gasteiger partial charge in [0.15, 0.2) is 0 Å². The van der Waals surface area contributed by atoms with Crippen molar-refractivity contribution < 1.29 is 0 Å². The zero-order valence-electron chi connectivity index (χ0n) is 8.71. The Morgan fingerprint density at radius 3 is 2.73 bits per heavy atom. The Hall–Kier alpha value is -0.340. The maximum atomic E-state index is 6.11. The minimum atomic E-state index is 0.741. The molecule has 82 valence electrons. The molecule has 15 heavy (non-hydrogen) atoms. The van der Waals surface area contributed by atoms with Crippen molar-refractivity contribution in [3.05, 3.63) is 23.2 Å². The molecule has 2 rings (SSSR count). The van der Waals surface area contributed by atoms with Gasteiger partial charge < -0.3 is 5.73 Å². The number of hydrogen-bond acceptors (Lipinski definition) is 2. The van der Waals surface area contributed by atoms with Crippen LogP contribution in [0.3, 0.4) is 0 Å². The van der Waals surface area contributed by atoms with Gasteiger partial charge in [0.25, 0.3) is 0 Å². The van der Waals surface area contributed by atoms with E-state index < -0.39 is 0 Å². The molecule has 0 atom stereocenters. The van der Waals surface area contributed by atoms with Crippen molar-refractivity contribution in [2.24, 2.45) is 5.92 Å². The first-order valence-electron chi connectivity index (χ1n) is 5.43. The summed E-state index contributed by atoms with van der Waals surface area (Å²) in [5.41, 5.74) is 6.39. The van der Waals surface area contributed by atoms with Gasteiger partial charge in [-0.2, -0.15) is 0 Å². The molecule has 1 aromatic carbocycles. The van der Waals surface area contributed by atoms with E-state index in [0.29, 0.717) is 0 Å². The summed E-state index contributed by atoms with van der Waals surface area (Å²) in [7, 11) is 0. The third-order valence-corrected chi connectivity index (χ3v) is 4.64. The lowest BCUT2D eigenvalue weighted by molar-refractivity contribution is 0.623. The Bertz CT molecular complexity index is 334. The molecule has 0 bridgehead atoms. The van der Waals surface area contributed by atoms with Crippen LogP contribution in [0.15, 0.2) is 23.1 Å². The average Bonchev–Trinajstić information content (AvgIpc) is 2.69. The Labute approximate surface area is 100 Å². The van der Waals surface area contributed by atoms with Gasteiger partial charge in [0.2, 0.25) is 0 Å². The molecule has 0 spiro atoms. The lowest BCUT2D eigenvalue weighted by Crippen LogP contribution is -1.96. The number of hydrogen-bond donors (Lipinski definition) is 1. The Kier molecular flexibility index (Phi) is 3.81. The van der Waals surface area contributed by atoms with Crippen LogP contribution in [-0.2, 0) is 0 Å². The van der Waals surface area contributed by atoms with Gasteiger partial charge in [0.1, 0.15) is 0 Å². The topological polar surface area (TPSA) is 26.0 Å². The summed E-state index contributed by atoms with van der Waals surface area (Å²) in [5.74, 6) is 2.09. The monoisotopic (exact) mass is 241 g/mol. The van der Waals surface area contributed by atoms with Crippen LogP contribution in [0.4, 0.5) is 5.69 Å². The summed E-state index contributed by atoms with van der Waals surface area (Å²) >= 11 is 7.98. The lowest BCUT2D eigenvalue weighted by atomic mass is 10.1. The van der Waals surface area contributed by atoms with Gasteiger partial charge in [-0.3, -0.25) is 0 Å². The minimum absolute atomic E-state index is 0.741. The van der Waals surface area contributed by atoms with Gasteiger partial charge >= 0.3 is 0 Å². The number of anilines is 1. The van der Waals surface area contributed by atoms with Crippen LogP contribution in [0.5, 0.6) is 0 Å². The van der Waals surface area contributed by atoms with Gasteiger partial charge in [-0.1, -0.05) is 24.4 Å². The van der Waals surface area contributed by atoms with E-state index in [9.17, 15) is 0 Å². The molecule has 2 N–H and O–H groups in total. The highest BCUT2D eigenvalue weighted by Crippen LogP contribution is 2.34. The molecule has 0 aromatic heterocycles. The molecule has 1 aliphatic carbocycles. The van der Waals surface area contributed by atoms with Crippen molar-refractivity contribution in [2.45, 2.75) is 30.6 Å². The zero-order valence-corrected chi connectivity index (χ0v) is 10.3. The molecule has 1 saturated carbocycles. The molecular formula is C12H16ClNS. The maximum absolute atomic E-state index is 6.11. The Morgan fingerprint density at radius 1 is 1.33 bits per heavy atom. The van der Waals surface area contributed by atoms with E-state index in [-0.39, 0.29) is 0 Å². The number of rotatable bonds is 3. The van der Waals surface area contributed by atoms with Gasteiger partial charge in [-0.25, -0.2) is 0 Å². The van der Waals surface area contributed by atoms with Crippen LogP contribution in [-0.4, -0.2) is 5.75 Å². The number of nitrogen functional groups attached to an aromatic ring is 1. The summed E-state index contributed by atoms with van der Waals surface area (Å²) in [6.07, 6.45) is 5.58. The van der Waals surface area contributed by atoms with Gasteiger partial charge in [0, 0.05) is 16.3 Å². The summed E-state index contributed by atoms with van der Waals surface area (Å²) in [5, 5.41) is 0.790. The molecule has 0 saturated heterocycles. The molecule has 1 aliphatic rings. The zero-order chi connectivity index (χ0) is 10.7. The van der Waals surface area contributed by atoms with E-state index >= 15 is 0 Å². The quantitative estimate of drug-likeness (QED) is 0.634. The van der Waals surface area contributed by atoms with Crippen LogP contribution in [0.25, 0.3) is 0 Å². The Balaban J connectivity index is 1.92. The maximum Gasteiger partial charge on any atom is 0.0562 e. The van der Waals surface area contributed by atoms with Crippen LogP contribution in [0.2, 0.25) is 5.02 Å². The molecule has 0 amide bonds. The second-order valence-electron chi connectivity index (χ2n) is 4.15. The lowest BCUT2D eigenvalue weighted by Gasteiger charge is -2.09. The van der Waals surface area contributed by atoms with Crippen molar-refractivity contribution in [1.29, 1.82) is 0 Å². The van der Waals surface area contributed by atoms with Crippen molar-refractivity contribution in [2.75, 3.05) is 11.5 Å². The van der Waals surface area contributed by atoms with Crippen molar-refractivity contribution in [1.82, 2.24) is 0 Å². The van der Waals surface area contributed by atoms with E-state index in [1.807, 2.05) is 30.0 Å². The van der Waals surface area contributed by atoms with E-state index in [4.69, 9.17) is 17.3 Å². The average molecular weight is 242 g/mol. The predicted octanol–water partition coefficient (Wildman–Crippen LogP) is 4.20. The summed E-state index contributed by atoms with van der Waals surface area (Å²) in [4.78, 5) is 1.16. The molecule has 1 aromatic rings. The van der Waals surface area contributed by atoms with Gasteiger partial charge in [-0.05, 0) is 37.0 Å². The molecule has 3 heteroatoms. The van der Waals surface area contributed by atoms with E-state index in [1.54, 1.807) is 0 Å². The van der Waals surface area contributed by atoms with E-state index in [0.717, 1.165) is 21.5 Å². The largest absolute Gasteiger partial charge is 0.399 e. The number of nitrogens with two attached hydrogens (primary N) is 1. The van der Waals surface area contributed by atoms with Crippen LogP contribution in [0.1, 0.15) is 25.7 Å². The van der Waals surface area contributed by atoms with Crippen LogP contribution < -0.4 is 5.73 Å². The standard InChI is InChI=1S/C12H16ClNS/c13-11-7-10(14)5-6-12(11)15-8-9-3-1-2-4-9/h5-7,9H,1-4,8,14H2. The number of thioether (sulfide) groups is 1. The SMILES string of the molecule is Nc1ccc(SCC2CCCC2)c(Cl)c1. The van der Waals surface area contributed by atoms with Gasteiger partial charge in [-0.15, -0.1) is 11.8 Å². The fourth-order valence-corrected chi connectivity index (χ4v) is 3.48. The summed E-state index contributed by atoms with van der Waals surface area (Å²) in [6.45, 7) is 0. The second-order valence-corrected chi connectivity index (χ2v) is 5.62. The highest BCUT2D eigenvalue weighted by Gasteiger charge is 2.15. The van der Waals surface area contributed by atoms with Crippen molar-refractivity contribution >= 4 is 29.1 Å². The third kappa shape index (κ3) is 3.05. The number of halogens is 1. The first-order chi connectivity index (χ1) is 7.25. The molecular weight excluding hydrogens is 226 g/mol. The molecule has 1 fully saturated rings. The van der Waals surface area contributed by atoms with Crippen LogP contribution in [0, 0.1) is 5.92 Å². The highest BCUT2D eigenvalue weighted by molar-refractivity contribution is 7.99. The first kappa shape index (κ1) is 11.2. The minimum Gasteiger partial charge on any atom is -0.399 e. The van der Waals surface area contributed by atoms with Crippen molar-refractivity contribution in [3.63, 3.8) is 0 Å². The molecule has 1 nitrogen and oxygen atoms in total. The summed E-state index contributed by atoms with van der Waals surface area (Å²) < 4.78 is 0. The first-order valence-corrected chi connectivity index (χ1v) is 6.80. The fourth-order valence-electron chi connectivity index (χ4n) is 2.02. The molecule has 0 aliphatic heterocycles. The van der Waals surface area contributed by atoms with E-state index in [1.165, 1.54) is 31.4 Å². The predicted molar refractivity (Wildman–Crippen MR) is 68.5 cm³/mol. The molecule has 0 heterocycles. The molecule has 0 unspecified atom stereocenters. The van der Waals surface area contributed by atoms with E-state index in [2.05, 4.69) is 0 Å². The fraction of sp³-hybridized carbons (Fsp3) is 0.500. The van der Waals surface area contributed by atoms with Crippen molar-refractivity contribution in [3.8, 4) is 0 Å². The van der Waals surface area contributed by atoms with Crippen LogP contribution >= 0.6 is 23.4 Å². The third-order valence-electron chi connectivity index (χ3n) is 2.91. The van der Waals surface area contributed by atoms with Gasteiger partial charge in [0.05, 0.1) is 5.02 Å². The smallest absolute Gasteiger partial charge is 0.0562 e. The normalized spacial score (nSPS) is 17.1.